The van der Waals surface area contributed by atoms with Gasteiger partial charge in [0.2, 0.25) is 0 Å². The highest BCUT2D eigenvalue weighted by atomic mass is 14.9. The maximum Gasteiger partial charge on any atom is 0.0541 e. The molecule has 1 atom stereocenters. The molecule has 0 fully saturated rings. The summed E-state index contributed by atoms with van der Waals surface area (Å²) in [4.78, 5) is 4.33. The van der Waals surface area contributed by atoms with Crippen LogP contribution in [-0.2, 0) is 6.54 Å². The van der Waals surface area contributed by atoms with E-state index in [4.69, 9.17) is 0 Å². The zero-order valence-corrected chi connectivity index (χ0v) is 11.6. The summed E-state index contributed by atoms with van der Waals surface area (Å²) in [5.74, 6) is 0. The van der Waals surface area contributed by atoms with Crippen molar-refractivity contribution in [1.82, 2.24) is 10.3 Å². The molecule has 0 saturated heterocycles. The number of fused-ring (bicyclic) bond motifs is 1. The number of hydrogen-bond donors (Lipinski definition) is 1. The van der Waals surface area contributed by atoms with Gasteiger partial charge in [-0.3, -0.25) is 4.98 Å². The van der Waals surface area contributed by atoms with E-state index in [1.807, 2.05) is 24.4 Å². The molecule has 0 saturated carbocycles. The van der Waals surface area contributed by atoms with Crippen molar-refractivity contribution in [3.63, 3.8) is 0 Å². The minimum atomic E-state index is 0.307. The van der Waals surface area contributed by atoms with Gasteiger partial charge in [0.15, 0.2) is 0 Å². The van der Waals surface area contributed by atoms with Gasteiger partial charge in [0.05, 0.1) is 5.69 Å². The maximum absolute atomic E-state index is 4.33. The Morgan fingerprint density at radius 1 is 0.950 bits per heavy atom. The van der Waals surface area contributed by atoms with E-state index in [1.165, 1.54) is 16.3 Å². The van der Waals surface area contributed by atoms with Crippen LogP contribution in [0.2, 0.25) is 0 Å². The standard InChI is InChI=1S/C18H18N2/c1-14(20-13-18-8-4-5-11-19-18)16-10-9-15-6-2-3-7-17(15)12-16/h2-12,14,20H,13H2,1H3/t14-/m1/s1. The molecule has 0 bridgehead atoms. The molecule has 100 valence electrons. The molecule has 1 heterocycles. The minimum absolute atomic E-state index is 0.307. The Kier molecular flexibility index (Phi) is 3.75. The van der Waals surface area contributed by atoms with E-state index in [2.05, 4.69) is 59.7 Å². The van der Waals surface area contributed by atoms with Gasteiger partial charge in [-0.1, -0.05) is 42.5 Å². The summed E-state index contributed by atoms with van der Waals surface area (Å²) in [5.41, 5.74) is 2.37. The largest absolute Gasteiger partial charge is 0.305 e. The summed E-state index contributed by atoms with van der Waals surface area (Å²) in [6.07, 6.45) is 1.83. The lowest BCUT2D eigenvalue weighted by Crippen LogP contribution is -2.18. The average molecular weight is 262 g/mol. The molecular weight excluding hydrogens is 244 g/mol. The molecule has 3 rings (SSSR count). The third-order valence-corrected chi connectivity index (χ3v) is 3.59. The Labute approximate surface area is 119 Å². The van der Waals surface area contributed by atoms with Crippen LogP contribution < -0.4 is 5.32 Å². The molecule has 20 heavy (non-hydrogen) atoms. The van der Waals surface area contributed by atoms with Gasteiger partial charge >= 0.3 is 0 Å². The van der Waals surface area contributed by atoms with Crippen LogP contribution in [0, 0.1) is 0 Å². The van der Waals surface area contributed by atoms with Crippen molar-refractivity contribution < 1.29 is 0 Å². The minimum Gasteiger partial charge on any atom is -0.305 e. The van der Waals surface area contributed by atoms with Crippen LogP contribution in [0.25, 0.3) is 10.8 Å². The van der Waals surface area contributed by atoms with E-state index in [0.717, 1.165) is 12.2 Å². The van der Waals surface area contributed by atoms with Crippen LogP contribution in [0.1, 0.15) is 24.2 Å². The molecule has 0 spiro atoms. The summed E-state index contributed by atoms with van der Waals surface area (Å²) in [6.45, 7) is 2.97. The molecule has 0 aliphatic rings. The second-order valence-electron chi connectivity index (χ2n) is 5.03. The Hall–Kier alpha value is -2.19. The fourth-order valence-corrected chi connectivity index (χ4v) is 2.36. The molecule has 3 aromatic rings. The van der Waals surface area contributed by atoms with Gasteiger partial charge in [0.25, 0.3) is 0 Å². The van der Waals surface area contributed by atoms with E-state index in [9.17, 15) is 0 Å². The highest BCUT2D eigenvalue weighted by molar-refractivity contribution is 5.83. The molecule has 2 nitrogen and oxygen atoms in total. The Morgan fingerprint density at radius 2 is 1.75 bits per heavy atom. The molecule has 0 aliphatic carbocycles. The fourth-order valence-electron chi connectivity index (χ4n) is 2.36. The van der Waals surface area contributed by atoms with E-state index >= 15 is 0 Å². The predicted molar refractivity (Wildman–Crippen MR) is 83.4 cm³/mol. The number of nitrogens with one attached hydrogen (secondary N) is 1. The van der Waals surface area contributed by atoms with Gasteiger partial charge < -0.3 is 5.32 Å². The topological polar surface area (TPSA) is 24.9 Å². The Balaban J connectivity index is 1.73. The number of aromatic nitrogens is 1. The molecular formula is C18H18N2. The van der Waals surface area contributed by atoms with E-state index < -0.39 is 0 Å². The van der Waals surface area contributed by atoms with Crippen molar-refractivity contribution in [3.8, 4) is 0 Å². The lowest BCUT2D eigenvalue weighted by atomic mass is 10.0. The first-order chi connectivity index (χ1) is 9.83. The van der Waals surface area contributed by atoms with Crippen molar-refractivity contribution in [2.75, 3.05) is 0 Å². The second-order valence-corrected chi connectivity index (χ2v) is 5.03. The molecule has 2 aromatic carbocycles. The van der Waals surface area contributed by atoms with Gasteiger partial charge in [-0.25, -0.2) is 0 Å². The molecule has 0 unspecified atom stereocenters. The number of pyridine rings is 1. The van der Waals surface area contributed by atoms with E-state index in [1.54, 1.807) is 0 Å². The number of hydrogen-bond acceptors (Lipinski definition) is 2. The number of nitrogens with zero attached hydrogens (tertiary/aromatic N) is 1. The second kappa shape index (κ2) is 5.85. The first-order valence-corrected chi connectivity index (χ1v) is 6.95. The summed E-state index contributed by atoms with van der Waals surface area (Å²) in [5, 5.41) is 6.09. The SMILES string of the molecule is C[C@@H](NCc1ccccn1)c1ccc2ccccc2c1. The Morgan fingerprint density at radius 3 is 2.55 bits per heavy atom. The first-order valence-electron chi connectivity index (χ1n) is 6.95. The van der Waals surface area contributed by atoms with Crippen LogP contribution in [-0.4, -0.2) is 4.98 Å². The third kappa shape index (κ3) is 2.86. The molecule has 1 N–H and O–H groups in total. The van der Waals surface area contributed by atoms with Gasteiger partial charge in [-0.05, 0) is 41.5 Å². The lowest BCUT2D eigenvalue weighted by molar-refractivity contribution is 0.568. The average Bonchev–Trinajstić information content (AvgIpc) is 2.53. The fraction of sp³-hybridized carbons (Fsp3) is 0.167. The van der Waals surface area contributed by atoms with Crippen LogP contribution in [0.15, 0.2) is 66.9 Å². The number of benzene rings is 2. The van der Waals surface area contributed by atoms with Gasteiger partial charge in [-0.2, -0.15) is 0 Å². The summed E-state index contributed by atoms with van der Waals surface area (Å²) in [6, 6.07) is 21.4. The van der Waals surface area contributed by atoms with Gasteiger partial charge in [-0.15, -0.1) is 0 Å². The Bertz CT molecular complexity index is 692. The summed E-state index contributed by atoms with van der Waals surface area (Å²) in [7, 11) is 0. The smallest absolute Gasteiger partial charge is 0.0541 e. The van der Waals surface area contributed by atoms with Crippen molar-refractivity contribution in [2.45, 2.75) is 19.5 Å². The quantitative estimate of drug-likeness (QED) is 0.766. The first kappa shape index (κ1) is 12.8. The van der Waals surface area contributed by atoms with Crippen LogP contribution >= 0.6 is 0 Å². The van der Waals surface area contributed by atoms with Crippen LogP contribution in [0.5, 0.6) is 0 Å². The molecule has 0 aliphatic heterocycles. The highest BCUT2D eigenvalue weighted by Gasteiger charge is 2.05. The number of rotatable bonds is 4. The lowest BCUT2D eigenvalue weighted by Gasteiger charge is -2.14. The molecule has 0 amide bonds. The monoisotopic (exact) mass is 262 g/mol. The predicted octanol–water partition coefficient (Wildman–Crippen LogP) is 4.09. The van der Waals surface area contributed by atoms with Gasteiger partial charge in [0, 0.05) is 18.8 Å². The summed E-state index contributed by atoms with van der Waals surface area (Å²) >= 11 is 0. The zero-order chi connectivity index (χ0) is 13.8. The maximum atomic E-state index is 4.33. The molecule has 2 heteroatoms. The van der Waals surface area contributed by atoms with Crippen molar-refractivity contribution in [2.24, 2.45) is 0 Å². The van der Waals surface area contributed by atoms with Crippen molar-refractivity contribution in [1.29, 1.82) is 0 Å². The highest BCUT2D eigenvalue weighted by Crippen LogP contribution is 2.20. The molecule has 0 radical (unpaired) electrons. The van der Waals surface area contributed by atoms with E-state index in [-0.39, 0.29) is 0 Å². The normalized spacial score (nSPS) is 12.4. The van der Waals surface area contributed by atoms with Crippen LogP contribution in [0.3, 0.4) is 0 Å². The third-order valence-electron chi connectivity index (χ3n) is 3.59. The zero-order valence-electron chi connectivity index (χ0n) is 11.6. The van der Waals surface area contributed by atoms with E-state index in [0.29, 0.717) is 6.04 Å². The van der Waals surface area contributed by atoms with Gasteiger partial charge in [0.1, 0.15) is 0 Å². The van der Waals surface area contributed by atoms with Crippen molar-refractivity contribution >= 4 is 10.8 Å². The van der Waals surface area contributed by atoms with Crippen LogP contribution in [0.4, 0.5) is 0 Å². The summed E-state index contributed by atoms with van der Waals surface area (Å²) < 4.78 is 0. The van der Waals surface area contributed by atoms with Crippen molar-refractivity contribution in [3.05, 3.63) is 78.1 Å². The molecule has 1 aromatic heterocycles.